The number of anilines is 5. The Morgan fingerprint density at radius 3 is 1.67 bits per heavy atom. The topological polar surface area (TPSA) is 44.8 Å². The quantitative estimate of drug-likeness (QED) is 0.0780. The Bertz CT molecular complexity index is 2250. The molecule has 1 saturated carbocycles. The van der Waals surface area contributed by atoms with E-state index in [0.717, 1.165) is 63.7 Å². The van der Waals surface area contributed by atoms with Crippen LogP contribution < -0.4 is 15.1 Å². The second-order valence-electron chi connectivity index (χ2n) is 17.5. The van der Waals surface area contributed by atoms with E-state index in [4.69, 9.17) is 4.74 Å². The van der Waals surface area contributed by atoms with Gasteiger partial charge in [0, 0.05) is 52.8 Å². The molecule has 2 atom stereocenters. The normalized spacial score (nSPS) is 15.5. The minimum atomic E-state index is -0.495. The van der Waals surface area contributed by atoms with Crippen molar-refractivity contribution in [3.63, 3.8) is 0 Å². The van der Waals surface area contributed by atoms with Crippen LogP contribution >= 0.6 is 0 Å². The number of esters is 1. The van der Waals surface area contributed by atoms with Gasteiger partial charge in [-0.05, 0) is 142 Å². The van der Waals surface area contributed by atoms with E-state index in [-0.39, 0.29) is 24.0 Å². The maximum Gasteiger partial charge on any atom is 0.311 e. The van der Waals surface area contributed by atoms with Crippen molar-refractivity contribution in [2.24, 2.45) is 5.41 Å². The lowest BCUT2D eigenvalue weighted by Crippen LogP contribution is -2.42. The molecule has 6 aromatic rings. The number of hydrogen-bond acceptors (Lipinski definition) is 5. The van der Waals surface area contributed by atoms with Crippen LogP contribution in [0.25, 0.3) is 10.8 Å². The van der Waals surface area contributed by atoms with Crippen molar-refractivity contribution < 1.29 is 9.53 Å². The van der Waals surface area contributed by atoms with Crippen LogP contribution in [0.4, 0.5) is 28.4 Å². The molecule has 1 N–H and O–H groups in total. The van der Waals surface area contributed by atoms with Gasteiger partial charge in [-0.3, -0.25) is 4.79 Å². The van der Waals surface area contributed by atoms with Crippen molar-refractivity contribution in [1.82, 2.24) is 0 Å². The minimum Gasteiger partial charge on any atom is -0.460 e. The molecule has 5 heteroatoms. The van der Waals surface area contributed by atoms with Gasteiger partial charge in [-0.15, -0.1) is 0 Å². The third-order valence-corrected chi connectivity index (χ3v) is 12.8. The Labute approximate surface area is 359 Å². The fourth-order valence-electron chi connectivity index (χ4n) is 8.95. The van der Waals surface area contributed by atoms with E-state index in [1.54, 1.807) is 0 Å². The summed E-state index contributed by atoms with van der Waals surface area (Å²) in [5.74, 6) is -0.111. The van der Waals surface area contributed by atoms with Crippen molar-refractivity contribution in [3.05, 3.63) is 161 Å². The molecule has 0 spiro atoms. The van der Waals surface area contributed by atoms with Crippen LogP contribution in [-0.4, -0.2) is 31.2 Å². The van der Waals surface area contributed by atoms with Crippen LogP contribution in [0.2, 0.25) is 0 Å². The van der Waals surface area contributed by atoms with Crippen LogP contribution in [0.1, 0.15) is 113 Å². The number of carbonyl (C=O) groups is 1. The molecule has 312 valence electrons. The van der Waals surface area contributed by atoms with E-state index in [1.807, 2.05) is 13.8 Å². The van der Waals surface area contributed by atoms with Gasteiger partial charge in [0.2, 0.25) is 0 Å². The van der Waals surface area contributed by atoms with Gasteiger partial charge < -0.3 is 19.9 Å². The van der Waals surface area contributed by atoms with Crippen molar-refractivity contribution >= 4 is 45.2 Å². The first kappa shape index (κ1) is 42.6. The van der Waals surface area contributed by atoms with Crippen LogP contribution in [0.5, 0.6) is 0 Å². The number of para-hydroxylation sites is 2. The molecule has 0 bridgehead atoms. The van der Waals surface area contributed by atoms with Crippen molar-refractivity contribution in [1.29, 1.82) is 0 Å². The minimum absolute atomic E-state index is 0.0112. The van der Waals surface area contributed by atoms with Gasteiger partial charge in [0.25, 0.3) is 0 Å². The number of rotatable bonds is 16. The van der Waals surface area contributed by atoms with E-state index >= 15 is 0 Å². The van der Waals surface area contributed by atoms with Crippen molar-refractivity contribution in [2.75, 3.05) is 28.2 Å². The fourth-order valence-corrected chi connectivity index (χ4v) is 8.95. The largest absolute Gasteiger partial charge is 0.460 e. The number of fused-ring (bicyclic) bond motifs is 1. The third kappa shape index (κ3) is 9.26. The first-order chi connectivity index (χ1) is 29.1. The SMILES string of the molecule is CCCN(c1ccc(C(c2ccc(N(CCC)c3ccccc3C)cc2)c2ccc(NC3CCCCC3OC(=O)C(C)(C)CC)c3ccccc23)cc1)c1ccccc1C. The summed E-state index contributed by atoms with van der Waals surface area (Å²) in [5, 5.41) is 6.31. The Hall–Kier alpha value is -5.55. The molecule has 0 amide bonds. The number of carbonyl (C=O) groups excluding carboxylic acids is 1. The lowest BCUT2D eigenvalue weighted by Gasteiger charge is -2.35. The molecular formula is C55H65N3O2. The molecule has 1 aliphatic carbocycles. The number of benzene rings is 6. The molecule has 5 nitrogen and oxygen atoms in total. The van der Waals surface area contributed by atoms with Gasteiger partial charge in [-0.1, -0.05) is 118 Å². The molecule has 0 aromatic heterocycles. The molecule has 1 fully saturated rings. The highest BCUT2D eigenvalue weighted by Crippen LogP contribution is 2.42. The molecule has 0 aliphatic heterocycles. The van der Waals surface area contributed by atoms with Crippen molar-refractivity contribution in [3.8, 4) is 0 Å². The van der Waals surface area contributed by atoms with Crippen LogP contribution in [0.15, 0.2) is 133 Å². The molecule has 0 saturated heterocycles. The average Bonchev–Trinajstić information content (AvgIpc) is 3.27. The van der Waals surface area contributed by atoms with Gasteiger partial charge in [-0.25, -0.2) is 0 Å². The Kier molecular flexibility index (Phi) is 13.6. The van der Waals surface area contributed by atoms with Gasteiger partial charge in [0.15, 0.2) is 0 Å². The fraction of sp³-hybridized carbons (Fsp3) is 0.364. The zero-order valence-corrected chi connectivity index (χ0v) is 37.0. The second-order valence-corrected chi connectivity index (χ2v) is 17.5. The lowest BCUT2D eigenvalue weighted by atomic mass is 9.82. The highest BCUT2D eigenvalue weighted by atomic mass is 16.5. The summed E-state index contributed by atoms with van der Waals surface area (Å²) in [7, 11) is 0. The summed E-state index contributed by atoms with van der Waals surface area (Å²) in [4.78, 5) is 18.2. The average molecular weight is 800 g/mol. The summed E-state index contributed by atoms with van der Waals surface area (Å²) >= 11 is 0. The van der Waals surface area contributed by atoms with E-state index < -0.39 is 5.41 Å². The molecular weight excluding hydrogens is 735 g/mol. The lowest BCUT2D eigenvalue weighted by molar-refractivity contribution is -0.161. The zero-order valence-electron chi connectivity index (χ0n) is 37.0. The van der Waals surface area contributed by atoms with E-state index in [1.165, 1.54) is 61.3 Å². The predicted molar refractivity (Wildman–Crippen MR) is 255 cm³/mol. The molecule has 0 radical (unpaired) electrons. The summed E-state index contributed by atoms with van der Waals surface area (Å²) in [6, 6.07) is 49.4. The molecule has 7 rings (SSSR count). The number of nitrogens with zero attached hydrogens (tertiary/aromatic N) is 2. The smallest absolute Gasteiger partial charge is 0.311 e. The summed E-state index contributed by atoms with van der Waals surface area (Å²) in [6.07, 6.45) is 6.74. The molecule has 1 aliphatic rings. The number of hydrogen-bond donors (Lipinski definition) is 1. The molecule has 2 unspecified atom stereocenters. The monoisotopic (exact) mass is 800 g/mol. The standard InChI is InChI=1S/C55H65N3O2/c1-8-37-57(50-24-16-11-19-39(50)4)43-31-27-41(28-32-43)53(42-29-33-44(34-30-42)58(38-9-2)51-25-17-12-20-40(51)5)47-35-36-48(46-22-14-13-21-45(46)47)56-49-23-15-18-26-52(49)60-54(59)55(6,7)10-3/h11-14,16-17,19-22,24-25,27-36,49,52-53,56H,8-10,15,18,23,26,37-38H2,1-7H3. The Morgan fingerprint density at radius 1 is 0.650 bits per heavy atom. The first-order valence-electron chi connectivity index (χ1n) is 22.5. The highest BCUT2D eigenvalue weighted by molar-refractivity contribution is 5.97. The molecule has 0 heterocycles. The molecule has 6 aromatic carbocycles. The molecule has 60 heavy (non-hydrogen) atoms. The van der Waals surface area contributed by atoms with Gasteiger partial charge in [0.05, 0.1) is 11.5 Å². The Morgan fingerprint density at radius 2 is 1.15 bits per heavy atom. The maximum atomic E-state index is 13.3. The van der Waals surface area contributed by atoms with Crippen LogP contribution in [0.3, 0.4) is 0 Å². The Balaban J connectivity index is 1.29. The summed E-state index contributed by atoms with van der Waals surface area (Å²) in [6.45, 7) is 16.8. The van der Waals surface area contributed by atoms with Gasteiger partial charge >= 0.3 is 5.97 Å². The first-order valence-corrected chi connectivity index (χ1v) is 22.5. The van der Waals surface area contributed by atoms with Crippen molar-refractivity contribution in [2.45, 2.75) is 111 Å². The van der Waals surface area contributed by atoms with Crippen LogP contribution in [-0.2, 0) is 9.53 Å². The van der Waals surface area contributed by atoms with E-state index in [0.29, 0.717) is 0 Å². The highest BCUT2D eigenvalue weighted by Gasteiger charge is 2.34. The summed E-state index contributed by atoms with van der Waals surface area (Å²) in [5.41, 5.74) is 11.8. The number of ether oxygens (including phenoxy) is 1. The predicted octanol–water partition coefficient (Wildman–Crippen LogP) is 14.4. The van der Waals surface area contributed by atoms with Crippen LogP contribution in [0, 0.1) is 19.3 Å². The second kappa shape index (κ2) is 19.2. The number of aryl methyl sites for hydroxylation is 2. The van der Waals surface area contributed by atoms with Gasteiger partial charge in [-0.2, -0.15) is 0 Å². The van der Waals surface area contributed by atoms with E-state index in [2.05, 4.69) is 183 Å². The zero-order chi connectivity index (χ0) is 42.2. The van der Waals surface area contributed by atoms with E-state index in [9.17, 15) is 4.79 Å². The third-order valence-electron chi connectivity index (χ3n) is 12.8. The summed E-state index contributed by atoms with van der Waals surface area (Å²) < 4.78 is 6.27. The maximum absolute atomic E-state index is 13.3. The number of nitrogens with one attached hydrogen (secondary N) is 1. The van der Waals surface area contributed by atoms with Gasteiger partial charge in [0.1, 0.15) is 6.10 Å².